The van der Waals surface area contributed by atoms with Gasteiger partial charge in [0.05, 0.1) is 28.1 Å². The number of hydrogen-bond acceptors (Lipinski definition) is 7. The molecule has 0 saturated heterocycles. The molecule has 8 nitrogen and oxygen atoms in total. The molecule has 0 radical (unpaired) electrons. The summed E-state index contributed by atoms with van der Waals surface area (Å²) in [5.41, 5.74) is 9.13. The third-order valence-electron chi connectivity index (χ3n) is 5.07. The van der Waals surface area contributed by atoms with Gasteiger partial charge < -0.3 is 5.73 Å². The van der Waals surface area contributed by atoms with Gasteiger partial charge >= 0.3 is 0 Å². The maximum atomic E-state index is 14.6. The zero-order valence-corrected chi connectivity index (χ0v) is 16.0. The van der Waals surface area contributed by atoms with E-state index in [1.807, 2.05) is 29.2 Å². The summed E-state index contributed by atoms with van der Waals surface area (Å²) in [6, 6.07) is 7.44. The molecule has 10 heteroatoms. The zero-order valence-electron chi connectivity index (χ0n) is 15.2. The molecule has 4 aromatic heterocycles. The van der Waals surface area contributed by atoms with Crippen molar-refractivity contribution in [2.75, 3.05) is 5.73 Å². The number of hydrogen-bond donors (Lipinski definition) is 1. The predicted molar refractivity (Wildman–Crippen MR) is 107 cm³/mol. The highest BCUT2D eigenvalue weighted by Crippen LogP contribution is 2.35. The number of nitrogens with two attached hydrogens (primary N) is 1. The highest BCUT2D eigenvalue weighted by atomic mass is 32.1. The number of anilines is 1. The van der Waals surface area contributed by atoms with E-state index >= 15 is 0 Å². The molecule has 0 atom stereocenters. The van der Waals surface area contributed by atoms with Crippen LogP contribution in [0.15, 0.2) is 36.7 Å². The van der Waals surface area contributed by atoms with E-state index in [9.17, 15) is 4.39 Å². The van der Waals surface area contributed by atoms with E-state index in [0.29, 0.717) is 33.7 Å². The van der Waals surface area contributed by atoms with E-state index in [2.05, 4.69) is 25.4 Å². The van der Waals surface area contributed by atoms with Crippen LogP contribution in [0.1, 0.15) is 30.3 Å². The van der Waals surface area contributed by atoms with Gasteiger partial charge in [-0.15, -0.1) is 10.2 Å². The molecule has 144 valence electrons. The van der Waals surface area contributed by atoms with Crippen LogP contribution in [-0.4, -0.2) is 34.6 Å². The van der Waals surface area contributed by atoms with E-state index < -0.39 is 0 Å². The fraction of sp³-hybridized carbons (Fsp3) is 0.211. The molecule has 1 aliphatic rings. The smallest absolute Gasteiger partial charge is 0.181 e. The molecule has 1 aliphatic carbocycles. The van der Waals surface area contributed by atoms with Gasteiger partial charge in [-0.05, 0) is 36.6 Å². The Bertz CT molecular complexity index is 1380. The second kappa shape index (κ2) is 6.05. The standard InChI is InChI=1S/C19H15FN8S/c20-13-7-15-16(29-19(21)23-15)5-10(13)6-18-25-24-17-4-3-14(26-28(17)18)11-8-22-27(9-11)12-1-2-12/h3-5,7-9,12H,1-2,6H2,(H2,21,23). The quantitative estimate of drug-likeness (QED) is 0.492. The number of fused-ring (bicyclic) bond motifs is 2. The number of rotatable bonds is 4. The van der Waals surface area contributed by atoms with Gasteiger partial charge in [0.15, 0.2) is 16.6 Å². The van der Waals surface area contributed by atoms with Crippen molar-refractivity contribution < 1.29 is 4.39 Å². The Labute approximate surface area is 167 Å². The Balaban J connectivity index is 1.39. The summed E-state index contributed by atoms with van der Waals surface area (Å²) in [7, 11) is 0. The van der Waals surface area contributed by atoms with Gasteiger partial charge in [0, 0.05) is 24.2 Å². The Hall–Kier alpha value is -3.40. The maximum absolute atomic E-state index is 14.6. The van der Waals surface area contributed by atoms with Crippen LogP contribution in [0.25, 0.3) is 27.1 Å². The van der Waals surface area contributed by atoms with Crippen LogP contribution in [0.5, 0.6) is 0 Å². The van der Waals surface area contributed by atoms with E-state index in [1.165, 1.54) is 30.2 Å². The fourth-order valence-corrected chi connectivity index (χ4v) is 4.20. The van der Waals surface area contributed by atoms with Gasteiger partial charge in [-0.1, -0.05) is 11.3 Å². The molecule has 1 aromatic carbocycles. The largest absolute Gasteiger partial charge is 0.375 e. The van der Waals surface area contributed by atoms with Crippen LogP contribution in [0.3, 0.4) is 0 Å². The summed E-state index contributed by atoms with van der Waals surface area (Å²) in [5.74, 6) is 0.216. The van der Waals surface area contributed by atoms with Crippen LogP contribution in [0, 0.1) is 5.82 Å². The Morgan fingerprint density at radius 1 is 1.21 bits per heavy atom. The van der Waals surface area contributed by atoms with Crippen LogP contribution in [0.4, 0.5) is 9.52 Å². The minimum Gasteiger partial charge on any atom is -0.375 e. The number of nitrogen functional groups attached to an aromatic ring is 1. The summed E-state index contributed by atoms with van der Waals surface area (Å²) in [6.45, 7) is 0. The van der Waals surface area contributed by atoms with Crippen molar-refractivity contribution in [3.63, 3.8) is 0 Å². The topological polar surface area (TPSA) is 99.8 Å². The molecule has 0 aliphatic heterocycles. The lowest BCUT2D eigenvalue weighted by Crippen LogP contribution is -2.02. The van der Waals surface area contributed by atoms with Gasteiger partial charge in [0.1, 0.15) is 5.82 Å². The van der Waals surface area contributed by atoms with Crippen molar-refractivity contribution in [3.8, 4) is 11.3 Å². The van der Waals surface area contributed by atoms with Crippen molar-refractivity contribution in [1.29, 1.82) is 0 Å². The van der Waals surface area contributed by atoms with Crippen LogP contribution in [-0.2, 0) is 6.42 Å². The average Bonchev–Trinajstić information content (AvgIpc) is 3.14. The lowest BCUT2D eigenvalue weighted by atomic mass is 10.1. The zero-order chi connectivity index (χ0) is 19.5. The van der Waals surface area contributed by atoms with Crippen molar-refractivity contribution in [1.82, 2.24) is 34.6 Å². The number of nitrogens with zero attached hydrogens (tertiary/aromatic N) is 7. The third-order valence-corrected chi connectivity index (χ3v) is 5.91. The molecule has 1 fully saturated rings. The van der Waals surface area contributed by atoms with Gasteiger partial charge in [0.25, 0.3) is 0 Å². The highest BCUT2D eigenvalue weighted by molar-refractivity contribution is 7.22. The molecule has 4 heterocycles. The van der Waals surface area contributed by atoms with Crippen LogP contribution >= 0.6 is 11.3 Å². The summed E-state index contributed by atoms with van der Waals surface area (Å²) in [4.78, 5) is 4.13. The second-order valence-electron chi connectivity index (χ2n) is 7.19. The number of thiazole rings is 1. The second-order valence-corrected chi connectivity index (χ2v) is 8.25. The molecular formula is C19H15FN8S. The number of aromatic nitrogens is 7. The van der Waals surface area contributed by atoms with Crippen molar-refractivity contribution in [2.24, 2.45) is 0 Å². The molecule has 0 unspecified atom stereocenters. The first-order valence-corrected chi connectivity index (χ1v) is 10.1. The van der Waals surface area contributed by atoms with E-state index in [1.54, 1.807) is 10.6 Å². The first kappa shape index (κ1) is 16.5. The first-order chi connectivity index (χ1) is 14.1. The van der Waals surface area contributed by atoms with Gasteiger partial charge in [-0.3, -0.25) is 4.68 Å². The molecule has 0 bridgehead atoms. The molecule has 0 amide bonds. The summed E-state index contributed by atoms with van der Waals surface area (Å²) in [5, 5.41) is 17.9. The third kappa shape index (κ3) is 2.83. The number of benzene rings is 1. The Morgan fingerprint density at radius 2 is 2.10 bits per heavy atom. The first-order valence-electron chi connectivity index (χ1n) is 9.24. The predicted octanol–water partition coefficient (Wildman–Crippen LogP) is 3.24. The highest BCUT2D eigenvalue weighted by Gasteiger charge is 2.24. The van der Waals surface area contributed by atoms with E-state index in [4.69, 9.17) is 5.73 Å². The average molecular weight is 406 g/mol. The molecule has 2 N–H and O–H groups in total. The van der Waals surface area contributed by atoms with Gasteiger partial charge in [-0.25, -0.2) is 9.37 Å². The Kier molecular flexibility index (Phi) is 3.45. The monoisotopic (exact) mass is 406 g/mol. The summed E-state index contributed by atoms with van der Waals surface area (Å²) < 4.78 is 19.1. The van der Waals surface area contributed by atoms with Gasteiger partial charge in [-0.2, -0.15) is 14.7 Å². The summed E-state index contributed by atoms with van der Waals surface area (Å²) >= 11 is 1.33. The summed E-state index contributed by atoms with van der Waals surface area (Å²) in [6.07, 6.45) is 6.43. The molecular weight excluding hydrogens is 391 g/mol. The van der Waals surface area contributed by atoms with Crippen LogP contribution < -0.4 is 5.73 Å². The van der Waals surface area contributed by atoms with E-state index in [0.717, 1.165) is 16.0 Å². The number of halogens is 1. The normalized spacial score (nSPS) is 14.2. The fourth-order valence-electron chi connectivity index (χ4n) is 3.42. The lowest BCUT2D eigenvalue weighted by Gasteiger charge is -2.03. The minimum absolute atomic E-state index is 0.262. The Morgan fingerprint density at radius 3 is 2.97 bits per heavy atom. The lowest BCUT2D eigenvalue weighted by molar-refractivity contribution is 0.612. The molecule has 0 spiro atoms. The van der Waals surface area contributed by atoms with Crippen molar-refractivity contribution in [2.45, 2.75) is 25.3 Å². The minimum atomic E-state index is -0.346. The van der Waals surface area contributed by atoms with E-state index in [-0.39, 0.29) is 12.2 Å². The SMILES string of the molecule is Nc1nc2cc(F)c(Cc3nnc4ccc(-c5cnn(C6CC6)c5)nn34)cc2s1. The maximum Gasteiger partial charge on any atom is 0.181 e. The van der Waals surface area contributed by atoms with Crippen LogP contribution in [0.2, 0.25) is 0 Å². The van der Waals surface area contributed by atoms with Crippen molar-refractivity contribution >= 4 is 32.3 Å². The molecule has 6 rings (SSSR count). The van der Waals surface area contributed by atoms with Gasteiger partial charge in [0.2, 0.25) is 0 Å². The molecule has 5 aromatic rings. The molecule has 29 heavy (non-hydrogen) atoms. The molecule has 1 saturated carbocycles. The van der Waals surface area contributed by atoms with Crippen molar-refractivity contribution in [3.05, 3.63) is 53.9 Å².